The number of hydrogen-bond donors (Lipinski definition) is 0. The van der Waals surface area contributed by atoms with Crippen LogP contribution in [0.2, 0.25) is 0 Å². The number of aryl methyl sites for hydroxylation is 1. The van der Waals surface area contributed by atoms with Crippen LogP contribution in [0.3, 0.4) is 0 Å². The zero-order valence-corrected chi connectivity index (χ0v) is 9.22. The topological polar surface area (TPSA) is 22.4 Å². The molecule has 0 saturated heterocycles. The molecule has 96 valence electrons. The van der Waals surface area contributed by atoms with Crippen molar-refractivity contribution in [2.75, 3.05) is 0 Å². The third-order valence-corrected chi connectivity index (χ3v) is 2.29. The van der Waals surface area contributed by atoms with Gasteiger partial charge in [0.05, 0.1) is 6.26 Å². The maximum Gasteiger partial charge on any atom is 0.573 e. The fourth-order valence-electron chi connectivity index (χ4n) is 1.56. The van der Waals surface area contributed by atoms with E-state index in [0.717, 1.165) is 12.1 Å². The lowest BCUT2D eigenvalue weighted by atomic mass is 10.1. The summed E-state index contributed by atoms with van der Waals surface area (Å²) in [6.07, 6.45) is -3.52. The van der Waals surface area contributed by atoms with Crippen LogP contribution in [0, 0.1) is 12.7 Å². The van der Waals surface area contributed by atoms with E-state index in [1.165, 1.54) is 6.26 Å². The number of halogens is 4. The molecular formula is C12H8F4O2. The second kappa shape index (κ2) is 4.36. The Balaban J connectivity index is 2.41. The van der Waals surface area contributed by atoms with E-state index in [-0.39, 0.29) is 0 Å². The molecule has 18 heavy (non-hydrogen) atoms. The molecule has 0 bridgehead atoms. The number of ether oxygens (including phenoxy) is 1. The molecular weight excluding hydrogens is 252 g/mol. The van der Waals surface area contributed by atoms with Crippen molar-refractivity contribution in [2.24, 2.45) is 0 Å². The van der Waals surface area contributed by atoms with Crippen LogP contribution in [0.4, 0.5) is 17.6 Å². The third-order valence-electron chi connectivity index (χ3n) is 2.29. The van der Waals surface area contributed by atoms with Crippen molar-refractivity contribution in [1.29, 1.82) is 0 Å². The summed E-state index contributed by atoms with van der Waals surface area (Å²) < 4.78 is 58.2. The molecule has 0 N–H and O–H groups in total. The molecule has 1 heterocycles. The Bertz CT molecular complexity index is 544. The summed E-state index contributed by atoms with van der Waals surface area (Å²) in [5.74, 6) is -1.57. The molecule has 0 saturated carbocycles. The van der Waals surface area contributed by atoms with E-state index in [4.69, 9.17) is 4.42 Å². The summed E-state index contributed by atoms with van der Waals surface area (Å²) in [4.78, 5) is 0. The van der Waals surface area contributed by atoms with Crippen molar-refractivity contribution in [3.63, 3.8) is 0 Å². The van der Waals surface area contributed by atoms with Gasteiger partial charge in [-0.15, -0.1) is 13.2 Å². The van der Waals surface area contributed by atoms with Crippen LogP contribution in [0.15, 0.2) is 34.9 Å². The molecule has 0 radical (unpaired) electrons. The number of alkyl halides is 3. The van der Waals surface area contributed by atoms with E-state index >= 15 is 0 Å². The van der Waals surface area contributed by atoms with Crippen molar-refractivity contribution in [2.45, 2.75) is 13.3 Å². The summed E-state index contributed by atoms with van der Waals surface area (Å²) >= 11 is 0. The lowest BCUT2D eigenvalue weighted by Gasteiger charge is -2.12. The van der Waals surface area contributed by atoms with E-state index in [1.54, 1.807) is 19.1 Å². The highest BCUT2D eigenvalue weighted by Gasteiger charge is 2.32. The van der Waals surface area contributed by atoms with Crippen LogP contribution in [0.1, 0.15) is 5.56 Å². The molecule has 0 spiro atoms. The molecule has 0 aliphatic rings. The van der Waals surface area contributed by atoms with E-state index in [2.05, 4.69) is 4.74 Å². The Labute approximate surface area is 99.8 Å². The summed E-state index contributed by atoms with van der Waals surface area (Å²) in [5.41, 5.74) is 0.803. The first-order valence-electron chi connectivity index (χ1n) is 4.96. The molecule has 0 amide bonds. The molecule has 6 heteroatoms. The van der Waals surface area contributed by atoms with Crippen LogP contribution in [-0.2, 0) is 0 Å². The Morgan fingerprint density at radius 2 is 1.94 bits per heavy atom. The highest BCUT2D eigenvalue weighted by atomic mass is 19.4. The Hall–Kier alpha value is -1.98. The van der Waals surface area contributed by atoms with Gasteiger partial charge in [0.1, 0.15) is 5.76 Å². The zero-order valence-electron chi connectivity index (χ0n) is 9.22. The van der Waals surface area contributed by atoms with Gasteiger partial charge >= 0.3 is 6.36 Å². The van der Waals surface area contributed by atoms with Crippen LogP contribution in [0.5, 0.6) is 5.75 Å². The maximum atomic E-state index is 13.5. The molecule has 2 aromatic rings. The molecule has 2 rings (SSSR count). The minimum atomic E-state index is -4.92. The fraction of sp³-hybridized carbons (Fsp3) is 0.167. The van der Waals surface area contributed by atoms with E-state index in [0.29, 0.717) is 16.9 Å². The normalized spacial score (nSPS) is 11.6. The molecule has 2 nitrogen and oxygen atoms in total. The highest BCUT2D eigenvalue weighted by Crippen LogP contribution is 2.32. The predicted octanol–water partition coefficient (Wildman–Crippen LogP) is 4.29. The molecule has 1 aromatic heterocycles. The van der Waals surface area contributed by atoms with Crippen molar-refractivity contribution >= 4 is 0 Å². The van der Waals surface area contributed by atoms with Crippen LogP contribution in [0.25, 0.3) is 11.3 Å². The van der Waals surface area contributed by atoms with Crippen molar-refractivity contribution in [3.8, 4) is 17.1 Å². The van der Waals surface area contributed by atoms with Crippen molar-refractivity contribution < 1.29 is 26.7 Å². The van der Waals surface area contributed by atoms with Crippen LogP contribution in [-0.4, -0.2) is 6.36 Å². The molecule has 1 aromatic carbocycles. The number of hydrogen-bond acceptors (Lipinski definition) is 2. The van der Waals surface area contributed by atoms with Gasteiger partial charge in [0.25, 0.3) is 0 Å². The highest BCUT2D eigenvalue weighted by molar-refractivity contribution is 5.63. The number of furan rings is 1. The average molecular weight is 260 g/mol. The van der Waals surface area contributed by atoms with Gasteiger partial charge in [-0.1, -0.05) is 0 Å². The predicted molar refractivity (Wildman–Crippen MR) is 55.5 cm³/mol. The lowest BCUT2D eigenvalue weighted by molar-refractivity contribution is -0.275. The van der Waals surface area contributed by atoms with E-state index in [9.17, 15) is 17.6 Å². The minimum Gasteiger partial charge on any atom is -0.464 e. The first-order chi connectivity index (χ1) is 8.37. The Morgan fingerprint density at radius 1 is 1.22 bits per heavy atom. The Morgan fingerprint density at radius 3 is 2.50 bits per heavy atom. The van der Waals surface area contributed by atoms with Gasteiger partial charge in [-0.3, -0.25) is 0 Å². The fourth-order valence-corrected chi connectivity index (χ4v) is 1.56. The van der Waals surface area contributed by atoms with E-state index < -0.39 is 17.9 Å². The molecule has 0 aliphatic heterocycles. The molecule has 0 fully saturated rings. The second-order valence-corrected chi connectivity index (χ2v) is 3.62. The summed E-state index contributed by atoms with van der Waals surface area (Å²) in [6, 6.07) is 5.13. The largest absolute Gasteiger partial charge is 0.573 e. The van der Waals surface area contributed by atoms with Gasteiger partial charge in [-0.2, -0.15) is 0 Å². The smallest absolute Gasteiger partial charge is 0.464 e. The maximum absolute atomic E-state index is 13.5. The first kappa shape index (κ1) is 12.5. The standard InChI is InChI=1S/C12H8F4O2/c1-7-5-11(18-12(14,15)16)9(13)6-8(7)10-3-2-4-17-10/h2-6H,1H3. The number of rotatable bonds is 2. The van der Waals surface area contributed by atoms with Gasteiger partial charge in [-0.05, 0) is 36.8 Å². The number of benzene rings is 1. The Kier molecular flexibility index (Phi) is 3.02. The molecule has 0 atom stereocenters. The summed E-state index contributed by atoms with van der Waals surface area (Å²) in [7, 11) is 0. The van der Waals surface area contributed by atoms with Crippen molar-refractivity contribution in [3.05, 3.63) is 41.9 Å². The van der Waals surface area contributed by atoms with Gasteiger partial charge in [-0.25, -0.2) is 4.39 Å². The second-order valence-electron chi connectivity index (χ2n) is 3.62. The SMILES string of the molecule is Cc1cc(OC(F)(F)F)c(F)cc1-c1ccco1. The van der Waals surface area contributed by atoms with Crippen molar-refractivity contribution in [1.82, 2.24) is 0 Å². The molecule has 0 unspecified atom stereocenters. The zero-order chi connectivity index (χ0) is 13.3. The van der Waals surface area contributed by atoms with Crippen LogP contribution < -0.4 is 4.74 Å². The lowest BCUT2D eigenvalue weighted by Crippen LogP contribution is -2.18. The molecule has 0 aliphatic carbocycles. The van der Waals surface area contributed by atoms with E-state index in [1.807, 2.05) is 0 Å². The third kappa shape index (κ3) is 2.64. The van der Waals surface area contributed by atoms with Crippen LogP contribution >= 0.6 is 0 Å². The van der Waals surface area contributed by atoms with Gasteiger partial charge in [0, 0.05) is 5.56 Å². The summed E-state index contributed by atoms with van der Waals surface area (Å²) in [6.45, 7) is 1.54. The first-order valence-corrected chi connectivity index (χ1v) is 4.96. The van der Waals surface area contributed by atoms with Gasteiger partial charge < -0.3 is 9.15 Å². The minimum absolute atomic E-state index is 0.380. The quantitative estimate of drug-likeness (QED) is 0.751. The average Bonchev–Trinajstić information content (AvgIpc) is 2.74. The van der Waals surface area contributed by atoms with Gasteiger partial charge in [0.2, 0.25) is 0 Å². The monoisotopic (exact) mass is 260 g/mol. The summed E-state index contributed by atoms with van der Waals surface area (Å²) in [5, 5.41) is 0. The van der Waals surface area contributed by atoms with Gasteiger partial charge in [0.15, 0.2) is 11.6 Å².